The van der Waals surface area contributed by atoms with Crippen LogP contribution in [-0.2, 0) is 9.84 Å². The van der Waals surface area contributed by atoms with Crippen molar-refractivity contribution in [3.8, 4) is 6.19 Å². The van der Waals surface area contributed by atoms with Gasteiger partial charge in [0, 0.05) is 12.8 Å². The predicted molar refractivity (Wildman–Crippen MR) is 71.4 cm³/mol. The maximum atomic E-state index is 13.0. The fraction of sp³-hybridized carbons (Fsp3) is 0.364. The summed E-state index contributed by atoms with van der Waals surface area (Å²) in [5.41, 5.74) is 0.527. The zero-order valence-electron chi connectivity index (χ0n) is 9.73. The lowest BCUT2D eigenvalue weighted by Gasteiger charge is -2.15. The Kier molecular flexibility index (Phi) is 5.11. The molecule has 0 fully saturated rings. The summed E-state index contributed by atoms with van der Waals surface area (Å²) in [6, 6.07) is 4.21. The molecule has 4 nitrogen and oxygen atoms in total. The van der Waals surface area contributed by atoms with Gasteiger partial charge in [0.2, 0.25) is 0 Å². The van der Waals surface area contributed by atoms with E-state index in [9.17, 15) is 12.8 Å². The van der Waals surface area contributed by atoms with Crippen LogP contribution in [0.5, 0.6) is 0 Å². The van der Waals surface area contributed by atoms with E-state index in [0.717, 1.165) is 6.26 Å². The van der Waals surface area contributed by atoms with Gasteiger partial charge in [-0.3, -0.25) is 4.90 Å². The lowest BCUT2D eigenvalue weighted by molar-refractivity contribution is 0.599. The molecule has 0 saturated heterocycles. The van der Waals surface area contributed by atoms with Crippen LogP contribution >= 0.6 is 15.9 Å². The lowest BCUT2D eigenvalue weighted by Crippen LogP contribution is -2.20. The normalized spacial score (nSPS) is 11.0. The summed E-state index contributed by atoms with van der Waals surface area (Å²) in [4.78, 5) is 1.33. The molecule has 18 heavy (non-hydrogen) atoms. The molecule has 98 valence electrons. The van der Waals surface area contributed by atoms with E-state index in [4.69, 9.17) is 5.26 Å². The van der Waals surface area contributed by atoms with Crippen molar-refractivity contribution < 1.29 is 12.8 Å². The van der Waals surface area contributed by atoms with E-state index >= 15 is 0 Å². The van der Waals surface area contributed by atoms with Crippen molar-refractivity contribution in [3.05, 3.63) is 28.5 Å². The number of hydrogen-bond donors (Lipinski definition) is 0. The minimum Gasteiger partial charge on any atom is -0.279 e. The molecule has 0 bridgehead atoms. The summed E-state index contributed by atoms with van der Waals surface area (Å²) in [6.07, 6.45) is 3.45. The van der Waals surface area contributed by atoms with Gasteiger partial charge in [0.1, 0.15) is 15.7 Å². The monoisotopic (exact) mass is 334 g/mol. The van der Waals surface area contributed by atoms with Gasteiger partial charge in [-0.2, -0.15) is 5.26 Å². The highest BCUT2D eigenvalue weighted by Crippen LogP contribution is 2.22. The topological polar surface area (TPSA) is 61.2 Å². The Morgan fingerprint density at radius 3 is 2.67 bits per heavy atom. The van der Waals surface area contributed by atoms with Crippen molar-refractivity contribution in [2.75, 3.05) is 23.5 Å². The van der Waals surface area contributed by atoms with Crippen LogP contribution in [0.4, 0.5) is 10.1 Å². The van der Waals surface area contributed by atoms with Crippen LogP contribution in [0.3, 0.4) is 0 Å². The summed E-state index contributed by atoms with van der Waals surface area (Å²) in [5.74, 6) is -0.388. The van der Waals surface area contributed by atoms with Gasteiger partial charge in [-0.25, -0.2) is 12.8 Å². The van der Waals surface area contributed by atoms with E-state index in [0.29, 0.717) is 12.1 Å². The molecule has 0 aliphatic heterocycles. The molecule has 0 radical (unpaired) electrons. The van der Waals surface area contributed by atoms with E-state index < -0.39 is 15.7 Å². The third-order valence-electron chi connectivity index (χ3n) is 2.23. The molecule has 0 aromatic heterocycles. The van der Waals surface area contributed by atoms with Crippen molar-refractivity contribution in [2.45, 2.75) is 6.42 Å². The number of anilines is 1. The molecular formula is C11H12BrFN2O2S. The van der Waals surface area contributed by atoms with E-state index in [2.05, 4.69) is 15.9 Å². The van der Waals surface area contributed by atoms with Crippen LogP contribution < -0.4 is 4.90 Å². The highest BCUT2D eigenvalue weighted by atomic mass is 79.9. The van der Waals surface area contributed by atoms with Crippen LogP contribution in [-0.4, -0.2) is 27.0 Å². The standard InChI is InChI=1S/C11H12BrFN2O2S/c1-18(16,17)6-2-5-15(8-14)9-3-4-11(13)10(12)7-9/h3-4,7H,2,5-6H2,1H3. The Labute approximate surface area is 114 Å². The van der Waals surface area contributed by atoms with Crippen molar-refractivity contribution >= 4 is 31.5 Å². The van der Waals surface area contributed by atoms with Gasteiger partial charge in [-0.05, 0) is 40.5 Å². The van der Waals surface area contributed by atoms with E-state index in [1.165, 1.54) is 23.1 Å². The average molecular weight is 335 g/mol. The first kappa shape index (κ1) is 14.9. The quantitative estimate of drug-likeness (QED) is 0.612. The van der Waals surface area contributed by atoms with Gasteiger partial charge >= 0.3 is 0 Å². The number of nitrogens with zero attached hydrogens (tertiary/aromatic N) is 2. The zero-order valence-corrected chi connectivity index (χ0v) is 12.1. The summed E-state index contributed by atoms with van der Waals surface area (Å²) in [5, 5.41) is 8.99. The number of halogens is 2. The van der Waals surface area contributed by atoms with Crippen molar-refractivity contribution in [1.82, 2.24) is 0 Å². The summed E-state index contributed by atoms with van der Waals surface area (Å²) in [7, 11) is -3.03. The Bertz CT molecular complexity index is 569. The zero-order chi connectivity index (χ0) is 13.8. The summed E-state index contributed by atoms with van der Waals surface area (Å²) < 4.78 is 35.3. The minimum atomic E-state index is -3.03. The number of sulfone groups is 1. The first-order chi connectivity index (χ1) is 8.33. The number of hydrogen-bond acceptors (Lipinski definition) is 4. The molecule has 0 unspecified atom stereocenters. The second-order valence-corrected chi connectivity index (χ2v) is 6.95. The molecule has 0 aliphatic rings. The van der Waals surface area contributed by atoms with Crippen LogP contribution in [0.25, 0.3) is 0 Å². The Morgan fingerprint density at radius 1 is 1.50 bits per heavy atom. The second kappa shape index (κ2) is 6.16. The van der Waals surface area contributed by atoms with Crippen molar-refractivity contribution in [1.29, 1.82) is 5.26 Å². The lowest BCUT2D eigenvalue weighted by atomic mass is 10.3. The molecule has 1 rings (SSSR count). The van der Waals surface area contributed by atoms with Crippen LogP contribution in [0.15, 0.2) is 22.7 Å². The molecule has 0 spiro atoms. The molecule has 0 heterocycles. The molecule has 0 amide bonds. The maximum absolute atomic E-state index is 13.0. The molecule has 0 atom stereocenters. The largest absolute Gasteiger partial charge is 0.279 e. The second-order valence-electron chi connectivity index (χ2n) is 3.83. The van der Waals surface area contributed by atoms with Crippen LogP contribution in [0.1, 0.15) is 6.42 Å². The first-order valence-corrected chi connectivity index (χ1v) is 7.99. The number of rotatable bonds is 5. The Balaban J connectivity index is 2.72. The van der Waals surface area contributed by atoms with Gasteiger partial charge in [0.05, 0.1) is 15.9 Å². The molecule has 1 aromatic rings. The predicted octanol–water partition coefficient (Wildman–Crippen LogP) is 2.31. The van der Waals surface area contributed by atoms with Gasteiger partial charge in [-0.1, -0.05) is 0 Å². The van der Waals surface area contributed by atoms with E-state index in [1.54, 1.807) is 0 Å². The van der Waals surface area contributed by atoms with Gasteiger partial charge in [0.25, 0.3) is 0 Å². The van der Waals surface area contributed by atoms with Crippen LogP contribution in [0, 0.1) is 17.3 Å². The summed E-state index contributed by atoms with van der Waals surface area (Å²) >= 11 is 3.04. The van der Waals surface area contributed by atoms with Crippen LogP contribution in [0.2, 0.25) is 0 Å². The molecule has 0 saturated carbocycles. The maximum Gasteiger partial charge on any atom is 0.184 e. The average Bonchev–Trinajstić information content (AvgIpc) is 2.27. The first-order valence-electron chi connectivity index (χ1n) is 5.13. The molecular weight excluding hydrogens is 323 g/mol. The van der Waals surface area contributed by atoms with Gasteiger partial charge in [-0.15, -0.1) is 0 Å². The third-order valence-corrected chi connectivity index (χ3v) is 3.87. The summed E-state index contributed by atoms with van der Waals surface area (Å²) in [6.45, 7) is 0.279. The minimum absolute atomic E-state index is 0.0214. The Morgan fingerprint density at radius 2 is 2.17 bits per heavy atom. The van der Waals surface area contributed by atoms with E-state index in [1.807, 2.05) is 6.19 Å². The fourth-order valence-electron chi connectivity index (χ4n) is 1.37. The smallest absolute Gasteiger partial charge is 0.184 e. The fourth-order valence-corrected chi connectivity index (χ4v) is 2.39. The van der Waals surface area contributed by atoms with Gasteiger partial charge < -0.3 is 0 Å². The van der Waals surface area contributed by atoms with Crippen molar-refractivity contribution in [3.63, 3.8) is 0 Å². The number of nitriles is 1. The molecule has 0 aliphatic carbocycles. The SMILES string of the molecule is CS(=O)(=O)CCCN(C#N)c1ccc(F)c(Br)c1. The third kappa shape index (κ3) is 4.63. The van der Waals surface area contributed by atoms with Crippen molar-refractivity contribution in [2.24, 2.45) is 0 Å². The molecule has 0 N–H and O–H groups in total. The van der Waals surface area contributed by atoms with Gasteiger partial charge in [0.15, 0.2) is 6.19 Å². The van der Waals surface area contributed by atoms with E-state index in [-0.39, 0.29) is 16.8 Å². The number of benzene rings is 1. The highest BCUT2D eigenvalue weighted by Gasteiger charge is 2.10. The molecule has 1 aromatic carbocycles. The Hall–Kier alpha value is -1.13. The highest BCUT2D eigenvalue weighted by molar-refractivity contribution is 9.10. The molecule has 7 heteroatoms.